The van der Waals surface area contributed by atoms with Gasteiger partial charge in [0.2, 0.25) is 12.0 Å². The molecule has 13 nitrogen and oxygen atoms in total. The van der Waals surface area contributed by atoms with Crippen LogP contribution in [0.4, 0.5) is 0 Å². The van der Waals surface area contributed by atoms with E-state index in [0.29, 0.717) is 0 Å². The van der Waals surface area contributed by atoms with E-state index in [2.05, 4.69) is 0 Å². The number of benzene rings is 1. The lowest BCUT2D eigenvalue weighted by Gasteiger charge is -2.40. The number of rotatable bonds is 8. The number of phenols is 1. The van der Waals surface area contributed by atoms with E-state index in [4.69, 9.17) is 33.5 Å². The van der Waals surface area contributed by atoms with Gasteiger partial charge in [-0.3, -0.25) is 0 Å². The quantitative estimate of drug-likeness (QED) is 0.206. The Morgan fingerprint density at radius 1 is 0.812 bits per heavy atom. The second kappa shape index (κ2) is 10.3. The number of aromatic hydroxyl groups is 1. The van der Waals surface area contributed by atoms with Gasteiger partial charge in [0.05, 0.1) is 27.4 Å². The van der Waals surface area contributed by atoms with E-state index in [0.717, 1.165) is 0 Å². The van der Waals surface area contributed by atoms with Crippen molar-refractivity contribution in [2.45, 2.75) is 55.3 Å². The lowest BCUT2D eigenvalue weighted by molar-refractivity contribution is -0.290. The molecule has 0 spiro atoms. The van der Waals surface area contributed by atoms with Crippen molar-refractivity contribution in [2.75, 3.05) is 27.4 Å². The fraction of sp³-hybridized carbons (Fsp3) is 0.684. The Morgan fingerprint density at radius 3 is 2.03 bits per heavy atom. The van der Waals surface area contributed by atoms with Crippen LogP contribution >= 0.6 is 0 Å². The van der Waals surface area contributed by atoms with Crippen LogP contribution in [0.25, 0.3) is 0 Å². The van der Waals surface area contributed by atoms with Gasteiger partial charge >= 0.3 is 0 Å². The summed E-state index contributed by atoms with van der Waals surface area (Å²) in [7, 11) is 2.68. The van der Waals surface area contributed by atoms with Crippen LogP contribution in [0.1, 0.15) is 0 Å². The lowest BCUT2D eigenvalue weighted by atomic mass is 9.99. The number of phenolic OH excluding ortho intramolecular Hbond substituents is 1. The maximum absolute atomic E-state index is 10.3. The summed E-state index contributed by atoms with van der Waals surface area (Å²) in [6, 6.07) is 2.54. The van der Waals surface area contributed by atoms with Crippen LogP contribution in [0.15, 0.2) is 12.1 Å². The summed E-state index contributed by atoms with van der Waals surface area (Å²) in [5.41, 5.74) is 0. The Labute approximate surface area is 182 Å². The Bertz CT molecular complexity index is 761. The number of hydrogen-bond donors (Lipinski definition) is 7. The third-order valence-electron chi connectivity index (χ3n) is 5.28. The maximum Gasteiger partial charge on any atom is 0.229 e. The van der Waals surface area contributed by atoms with E-state index in [-0.39, 0.29) is 23.0 Å². The molecule has 1 aromatic carbocycles. The predicted molar refractivity (Wildman–Crippen MR) is 102 cm³/mol. The average Bonchev–Trinajstić information content (AvgIpc) is 3.06. The molecule has 0 bridgehead atoms. The zero-order valence-electron chi connectivity index (χ0n) is 17.3. The molecule has 9 unspecified atom stereocenters. The number of aliphatic hydroxyl groups excluding tert-OH is 6. The molecule has 2 heterocycles. The molecule has 32 heavy (non-hydrogen) atoms. The van der Waals surface area contributed by atoms with Gasteiger partial charge in [-0.1, -0.05) is 0 Å². The van der Waals surface area contributed by atoms with Crippen molar-refractivity contribution in [3.05, 3.63) is 12.1 Å². The highest BCUT2D eigenvalue weighted by Crippen LogP contribution is 2.40. The molecule has 9 atom stereocenters. The lowest BCUT2D eigenvalue weighted by Crippen LogP contribution is -2.60. The molecule has 13 heteroatoms. The number of methoxy groups -OCH3 is 2. The number of hydrogen-bond acceptors (Lipinski definition) is 13. The van der Waals surface area contributed by atoms with Gasteiger partial charge < -0.3 is 64.2 Å². The molecular weight excluding hydrogens is 436 g/mol. The Morgan fingerprint density at radius 2 is 1.44 bits per heavy atom. The third-order valence-corrected chi connectivity index (χ3v) is 5.28. The van der Waals surface area contributed by atoms with Crippen molar-refractivity contribution < 1.29 is 64.2 Å². The smallest absolute Gasteiger partial charge is 0.229 e. The summed E-state index contributed by atoms with van der Waals surface area (Å²) in [6.07, 6.45) is -12.8. The van der Waals surface area contributed by atoms with E-state index < -0.39 is 68.5 Å². The fourth-order valence-corrected chi connectivity index (χ4v) is 3.47. The SMILES string of the molecule is COc1cc(OC2OC(COC3OC(CO)C(O)C3O)C(O)C(O)C2O)cc(O)c1OC. The molecule has 0 radical (unpaired) electrons. The largest absolute Gasteiger partial charge is 0.504 e. The van der Waals surface area contributed by atoms with E-state index in [1.54, 1.807) is 0 Å². The molecular formula is C19H28O13. The van der Waals surface area contributed by atoms with Crippen LogP contribution in [0.5, 0.6) is 23.0 Å². The van der Waals surface area contributed by atoms with Crippen LogP contribution in [0.3, 0.4) is 0 Å². The molecule has 2 aliphatic heterocycles. The summed E-state index contributed by atoms with van der Waals surface area (Å²) >= 11 is 0. The van der Waals surface area contributed by atoms with Crippen molar-refractivity contribution in [2.24, 2.45) is 0 Å². The van der Waals surface area contributed by atoms with Crippen molar-refractivity contribution >= 4 is 0 Å². The van der Waals surface area contributed by atoms with Gasteiger partial charge in [-0.2, -0.15) is 0 Å². The van der Waals surface area contributed by atoms with E-state index in [1.807, 2.05) is 0 Å². The summed E-state index contributed by atoms with van der Waals surface area (Å²) in [6.45, 7) is -0.964. The zero-order chi connectivity index (χ0) is 23.6. The summed E-state index contributed by atoms with van der Waals surface area (Å²) in [4.78, 5) is 0. The highest BCUT2D eigenvalue weighted by molar-refractivity contribution is 5.55. The summed E-state index contributed by atoms with van der Waals surface area (Å²) in [5.74, 6) is -0.101. The second-order valence-electron chi connectivity index (χ2n) is 7.35. The van der Waals surface area contributed by atoms with Gasteiger partial charge in [0, 0.05) is 12.1 Å². The first-order valence-electron chi connectivity index (χ1n) is 9.77. The molecule has 3 rings (SSSR count). The number of ether oxygens (including phenoxy) is 6. The molecule has 1 aromatic rings. The minimum absolute atomic E-state index is 0.0101. The maximum atomic E-state index is 10.3. The molecule has 2 saturated heterocycles. The first-order valence-corrected chi connectivity index (χ1v) is 9.77. The number of aliphatic hydroxyl groups is 6. The molecule has 2 aliphatic rings. The predicted octanol–water partition coefficient (Wildman–Crippen LogP) is -2.95. The van der Waals surface area contributed by atoms with Crippen LogP contribution < -0.4 is 14.2 Å². The van der Waals surface area contributed by atoms with E-state index >= 15 is 0 Å². The van der Waals surface area contributed by atoms with Crippen molar-refractivity contribution in [3.8, 4) is 23.0 Å². The summed E-state index contributed by atoms with van der Waals surface area (Å²) < 4.78 is 31.7. The highest BCUT2D eigenvalue weighted by atomic mass is 16.7. The minimum atomic E-state index is -1.68. The van der Waals surface area contributed by atoms with Crippen molar-refractivity contribution in [3.63, 3.8) is 0 Å². The van der Waals surface area contributed by atoms with Crippen LogP contribution in [0, 0.1) is 0 Å². The summed E-state index contributed by atoms with van der Waals surface area (Å²) in [5, 5.41) is 69.6. The van der Waals surface area contributed by atoms with Crippen LogP contribution in [0.2, 0.25) is 0 Å². The zero-order valence-corrected chi connectivity index (χ0v) is 17.3. The van der Waals surface area contributed by atoms with Gasteiger partial charge in [0.25, 0.3) is 0 Å². The van der Waals surface area contributed by atoms with Crippen molar-refractivity contribution in [1.29, 1.82) is 0 Å². The third kappa shape index (κ3) is 4.85. The first-order chi connectivity index (χ1) is 15.2. The van der Waals surface area contributed by atoms with Gasteiger partial charge in [-0.25, -0.2) is 0 Å². The molecule has 182 valence electrons. The topological polar surface area (TPSA) is 197 Å². The van der Waals surface area contributed by atoms with Gasteiger partial charge in [-0.05, 0) is 0 Å². The Balaban J connectivity index is 1.69. The fourth-order valence-electron chi connectivity index (χ4n) is 3.47. The first kappa shape index (κ1) is 24.7. The van der Waals surface area contributed by atoms with Gasteiger partial charge in [0.15, 0.2) is 17.8 Å². The average molecular weight is 464 g/mol. The van der Waals surface area contributed by atoms with E-state index in [9.17, 15) is 30.6 Å². The minimum Gasteiger partial charge on any atom is -0.504 e. The monoisotopic (exact) mass is 464 g/mol. The molecule has 0 aliphatic carbocycles. The van der Waals surface area contributed by atoms with Crippen molar-refractivity contribution in [1.82, 2.24) is 0 Å². The Hall–Kier alpha value is -1.94. The standard InChI is InChI=1S/C19H28O13/c1-27-9-4-7(3-8(21)17(9)28-2)30-19-16(26)14(24)13(23)11(32-19)6-29-18-15(25)12(22)10(5-20)31-18/h3-4,10-16,18-26H,5-6H2,1-2H3. The van der Waals surface area contributed by atoms with Crippen LogP contribution in [-0.4, -0.2) is 118 Å². The van der Waals surface area contributed by atoms with E-state index in [1.165, 1.54) is 26.4 Å². The molecule has 0 amide bonds. The molecule has 2 fully saturated rings. The normalized spacial score (nSPS) is 37.3. The second-order valence-corrected chi connectivity index (χ2v) is 7.35. The highest BCUT2D eigenvalue weighted by Gasteiger charge is 2.47. The van der Waals surface area contributed by atoms with Gasteiger partial charge in [0.1, 0.15) is 48.5 Å². The molecule has 0 aromatic heterocycles. The molecule has 7 N–H and O–H groups in total. The van der Waals surface area contributed by atoms with Crippen LogP contribution in [-0.2, 0) is 14.2 Å². The van der Waals surface area contributed by atoms with Gasteiger partial charge in [-0.15, -0.1) is 0 Å². The molecule has 0 saturated carbocycles. The Kier molecular flexibility index (Phi) is 7.97.